The zero-order valence-corrected chi connectivity index (χ0v) is 14.5. The lowest BCUT2D eigenvalue weighted by molar-refractivity contribution is 0.588. The van der Waals surface area contributed by atoms with Crippen molar-refractivity contribution in [3.8, 4) is 0 Å². The second-order valence-corrected chi connectivity index (χ2v) is 8.55. The number of anilines is 1. The summed E-state index contributed by atoms with van der Waals surface area (Å²) in [6.07, 6.45) is 0. The minimum atomic E-state index is -3.46. The van der Waals surface area contributed by atoms with Crippen LogP contribution in [0.15, 0.2) is 35.2 Å². The molecule has 0 saturated carbocycles. The Morgan fingerprint density at radius 1 is 1.24 bits per heavy atom. The van der Waals surface area contributed by atoms with Crippen molar-refractivity contribution in [2.45, 2.75) is 17.9 Å². The molecule has 2 aromatic rings. The Kier molecular flexibility index (Phi) is 5.16. The fourth-order valence-electron chi connectivity index (χ4n) is 1.85. The molecule has 21 heavy (non-hydrogen) atoms. The molecule has 1 atom stereocenters. The fourth-order valence-corrected chi connectivity index (χ4v) is 4.27. The van der Waals surface area contributed by atoms with Crippen molar-refractivity contribution in [1.29, 1.82) is 0 Å². The van der Waals surface area contributed by atoms with Gasteiger partial charge in [0.25, 0.3) is 0 Å². The molecule has 0 spiro atoms. The first-order valence-electron chi connectivity index (χ1n) is 6.08. The van der Waals surface area contributed by atoms with Gasteiger partial charge in [0.1, 0.15) is 0 Å². The number of hydrogen-bond acceptors (Lipinski definition) is 4. The molecule has 4 nitrogen and oxygen atoms in total. The van der Waals surface area contributed by atoms with Crippen molar-refractivity contribution < 1.29 is 8.42 Å². The van der Waals surface area contributed by atoms with Gasteiger partial charge in [0.05, 0.1) is 19.6 Å². The third kappa shape index (κ3) is 3.90. The van der Waals surface area contributed by atoms with Crippen LogP contribution in [-0.4, -0.2) is 15.5 Å². The topological polar surface area (TPSA) is 58.2 Å². The number of sulfonamides is 1. The van der Waals surface area contributed by atoms with Gasteiger partial charge >= 0.3 is 0 Å². The van der Waals surface area contributed by atoms with E-state index in [1.165, 1.54) is 24.5 Å². The lowest BCUT2D eigenvalue weighted by Crippen LogP contribution is -2.18. The molecule has 0 saturated heterocycles. The number of benzene rings is 1. The summed E-state index contributed by atoms with van der Waals surface area (Å²) in [4.78, 5) is 0.205. The van der Waals surface area contributed by atoms with E-state index in [-0.39, 0.29) is 10.9 Å². The Hall–Kier alpha value is -0.790. The van der Waals surface area contributed by atoms with Crippen molar-refractivity contribution in [2.75, 3.05) is 12.4 Å². The van der Waals surface area contributed by atoms with E-state index < -0.39 is 10.0 Å². The second kappa shape index (κ2) is 6.54. The maximum atomic E-state index is 11.8. The van der Waals surface area contributed by atoms with Gasteiger partial charge in [0.15, 0.2) is 0 Å². The van der Waals surface area contributed by atoms with Gasteiger partial charge in [-0.05, 0) is 38.2 Å². The SMILES string of the molecule is CNS(=O)(=O)c1cccc(NC(C)c2cc(Cl)sc2Cl)c1. The van der Waals surface area contributed by atoms with E-state index in [9.17, 15) is 8.42 Å². The van der Waals surface area contributed by atoms with Crippen molar-refractivity contribution in [1.82, 2.24) is 4.72 Å². The average molecular weight is 365 g/mol. The molecule has 0 aliphatic carbocycles. The van der Waals surface area contributed by atoms with Crippen LogP contribution in [0.3, 0.4) is 0 Å². The molecule has 0 aliphatic heterocycles. The number of halogens is 2. The molecule has 0 bridgehead atoms. The summed E-state index contributed by atoms with van der Waals surface area (Å²) in [6, 6.07) is 8.31. The standard InChI is InChI=1S/C13H14Cl2N2O2S2/c1-8(11-7-12(14)20-13(11)15)17-9-4-3-5-10(6-9)21(18,19)16-2/h3-8,16-17H,1-2H3. The summed E-state index contributed by atoms with van der Waals surface area (Å²) in [5.41, 5.74) is 1.57. The van der Waals surface area contributed by atoms with Crippen LogP contribution in [-0.2, 0) is 10.0 Å². The summed E-state index contributed by atoms with van der Waals surface area (Å²) in [7, 11) is -2.08. The van der Waals surface area contributed by atoms with Gasteiger partial charge in [-0.3, -0.25) is 0 Å². The maximum Gasteiger partial charge on any atom is 0.240 e. The normalized spacial score (nSPS) is 13.1. The fraction of sp³-hybridized carbons (Fsp3) is 0.231. The van der Waals surface area contributed by atoms with Crippen LogP contribution < -0.4 is 10.0 Å². The summed E-state index contributed by atoms with van der Waals surface area (Å²) in [5, 5.41) is 3.22. The Labute approximate surface area is 138 Å². The molecule has 2 rings (SSSR count). The molecular formula is C13H14Cl2N2O2S2. The van der Waals surface area contributed by atoms with E-state index in [4.69, 9.17) is 23.2 Å². The van der Waals surface area contributed by atoms with Gasteiger partial charge in [-0.15, -0.1) is 11.3 Å². The Morgan fingerprint density at radius 2 is 1.95 bits per heavy atom. The molecule has 1 aromatic carbocycles. The summed E-state index contributed by atoms with van der Waals surface area (Å²) < 4.78 is 27.1. The number of thiophene rings is 1. The molecule has 0 fully saturated rings. The monoisotopic (exact) mass is 364 g/mol. The van der Waals surface area contributed by atoms with Crippen molar-refractivity contribution in [2.24, 2.45) is 0 Å². The van der Waals surface area contributed by atoms with E-state index in [1.54, 1.807) is 24.3 Å². The highest BCUT2D eigenvalue weighted by Crippen LogP contribution is 2.36. The molecule has 114 valence electrons. The van der Waals surface area contributed by atoms with Gasteiger partial charge in [-0.25, -0.2) is 13.1 Å². The van der Waals surface area contributed by atoms with E-state index in [1.807, 2.05) is 6.92 Å². The second-order valence-electron chi connectivity index (χ2n) is 4.38. The van der Waals surface area contributed by atoms with Crippen LogP contribution >= 0.6 is 34.5 Å². The van der Waals surface area contributed by atoms with Crippen LogP contribution in [0.4, 0.5) is 5.69 Å². The molecule has 0 aliphatic rings. The Balaban J connectivity index is 2.24. The van der Waals surface area contributed by atoms with E-state index >= 15 is 0 Å². The summed E-state index contributed by atoms with van der Waals surface area (Å²) in [6.45, 7) is 1.93. The highest BCUT2D eigenvalue weighted by molar-refractivity contribution is 7.89. The van der Waals surface area contributed by atoms with E-state index in [0.717, 1.165) is 5.56 Å². The highest BCUT2D eigenvalue weighted by atomic mass is 35.5. The molecule has 0 radical (unpaired) electrons. The average Bonchev–Trinajstić information content (AvgIpc) is 2.78. The zero-order chi connectivity index (χ0) is 15.6. The van der Waals surface area contributed by atoms with Gasteiger partial charge in [-0.1, -0.05) is 29.3 Å². The predicted octanol–water partition coefficient (Wildman–Crippen LogP) is 4.14. The van der Waals surface area contributed by atoms with Crippen molar-refractivity contribution in [3.05, 3.63) is 44.6 Å². The Bertz CT molecular complexity index is 744. The van der Waals surface area contributed by atoms with Gasteiger partial charge in [0.2, 0.25) is 10.0 Å². The smallest absolute Gasteiger partial charge is 0.240 e. The molecular weight excluding hydrogens is 351 g/mol. The third-order valence-corrected chi connectivity index (χ3v) is 5.88. The lowest BCUT2D eigenvalue weighted by Gasteiger charge is -2.15. The maximum absolute atomic E-state index is 11.8. The molecule has 1 heterocycles. The van der Waals surface area contributed by atoms with Crippen LogP contribution in [0.5, 0.6) is 0 Å². The van der Waals surface area contributed by atoms with Crippen LogP contribution in [0, 0.1) is 0 Å². The first-order valence-corrected chi connectivity index (χ1v) is 9.14. The minimum Gasteiger partial charge on any atom is -0.378 e. The predicted molar refractivity (Wildman–Crippen MR) is 89.1 cm³/mol. The van der Waals surface area contributed by atoms with Gasteiger partial charge in [-0.2, -0.15) is 0 Å². The summed E-state index contributed by atoms with van der Waals surface area (Å²) >= 11 is 13.4. The van der Waals surface area contributed by atoms with Crippen LogP contribution in [0.1, 0.15) is 18.5 Å². The number of hydrogen-bond donors (Lipinski definition) is 2. The van der Waals surface area contributed by atoms with E-state index in [0.29, 0.717) is 14.4 Å². The summed E-state index contributed by atoms with van der Waals surface area (Å²) in [5.74, 6) is 0. The first-order chi connectivity index (χ1) is 9.83. The molecule has 1 unspecified atom stereocenters. The minimum absolute atomic E-state index is 0.0891. The lowest BCUT2D eigenvalue weighted by atomic mass is 10.1. The Morgan fingerprint density at radius 3 is 2.52 bits per heavy atom. The first kappa shape index (κ1) is 16.6. The highest BCUT2D eigenvalue weighted by Gasteiger charge is 2.15. The molecule has 0 amide bonds. The van der Waals surface area contributed by atoms with Crippen LogP contribution in [0.2, 0.25) is 8.67 Å². The molecule has 8 heteroatoms. The molecule has 1 aromatic heterocycles. The zero-order valence-electron chi connectivity index (χ0n) is 11.4. The molecule has 2 N–H and O–H groups in total. The van der Waals surface area contributed by atoms with Crippen LogP contribution in [0.25, 0.3) is 0 Å². The quantitative estimate of drug-likeness (QED) is 0.837. The van der Waals surface area contributed by atoms with Crippen molar-refractivity contribution in [3.63, 3.8) is 0 Å². The van der Waals surface area contributed by atoms with E-state index in [2.05, 4.69) is 10.0 Å². The number of rotatable bonds is 5. The largest absolute Gasteiger partial charge is 0.378 e. The number of nitrogens with one attached hydrogen (secondary N) is 2. The van der Waals surface area contributed by atoms with Gasteiger partial charge in [0, 0.05) is 11.3 Å². The van der Waals surface area contributed by atoms with Crippen molar-refractivity contribution >= 4 is 50.2 Å². The third-order valence-electron chi connectivity index (χ3n) is 2.95. The van der Waals surface area contributed by atoms with Gasteiger partial charge < -0.3 is 5.32 Å².